The molecule has 0 aliphatic carbocycles. The van der Waals surface area contributed by atoms with Crippen LogP contribution >= 0.6 is 0 Å². The van der Waals surface area contributed by atoms with Gasteiger partial charge in [-0.3, -0.25) is 9.59 Å². The highest BCUT2D eigenvalue weighted by Gasteiger charge is 2.67. The van der Waals surface area contributed by atoms with Crippen LogP contribution in [0.3, 0.4) is 0 Å². The molecule has 1 aromatic heterocycles. The molecule has 0 aromatic carbocycles. The number of H-pyrrole nitrogens is 1. The quantitative estimate of drug-likeness (QED) is 0.726. The van der Waals surface area contributed by atoms with Crippen LogP contribution in [0.1, 0.15) is 38.2 Å². The molecule has 4 rings (SSSR count). The van der Waals surface area contributed by atoms with E-state index in [0.29, 0.717) is 19.0 Å². The summed E-state index contributed by atoms with van der Waals surface area (Å²) in [6, 6.07) is 0. The highest BCUT2D eigenvalue weighted by Crippen LogP contribution is 2.52. The molecule has 2 amide bonds. The number of amides is 2. The number of imidazole rings is 1. The summed E-state index contributed by atoms with van der Waals surface area (Å²) in [4.78, 5) is 37.6. The lowest BCUT2D eigenvalue weighted by molar-refractivity contribution is -0.143. The van der Waals surface area contributed by atoms with Gasteiger partial charge in [-0.05, 0) is 12.8 Å². The molecule has 2 saturated heterocycles. The first-order valence-corrected chi connectivity index (χ1v) is 10.3. The van der Waals surface area contributed by atoms with E-state index >= 15 is 0 Å². The number of fused-ring (bicyclic) bond motifs is 1. The molecule has 2 fully saturated rings. The SMILES string of the molecule is CCC(CC)CN1C[C@]23C=C[C@H](O2)[C@@H](C(=O)N(C)Cc2ncc(C)[nH]2)[C@H]3C1=O. The maximum atomic E-state index is 13.3. The molecular formula is C21H30N4O3. The van der Waals surface area contributed by atoms with E-state index in [1.165, 1.54) is 0 Å². The van der Waals surface area contributed by atoms with Crippen LogP contribution in [0.25, 0.3) is 0 Å². The van der Waals surface area contributed by atoms with Gasteiger partial charge in [0.25, 0.3) is 0 Å². The highest BCUT2D eigenvalue weighted by molar-refractivity contribution is 5.93. The van der Waals surface area contributed by atoms with Crippen LogP contribution in [0.5, 0.6) is 0 Å². The third kappa shape index (κ3) is 2.96. The number of carbonyl (C=O) groups excluding carboxylic acids is 2. The van der Waals surface area contributed by atoms with Crippen molar-refractivity contribution in [3.8, 4) is 0 Å². The number of nitrogens with one attached hydrogen (secondary N) is 1. The van der Waals surface area contributed by atoms with Crippen molar-refractivity contribution in [2.24, 2.45) is 17.8 Å². The Balaban J connectivity index is 1.52. The van der Waals surface area contributed by atoms with Gasteiger partial charge in [-0.2, -0.15) is 0 Å². The average Bonchev–Trinajstić information content (AvgIpc) is 3.41. The number of nitrogens with zero attached hydrogens (tertiary/aromatic N) is 3. The Labute approximate surface area is 166 Å². The number of aromatic amines is 1. The van der Waals surface area contributed by atoms with Crippen LogP contribution in [0.2, 0.25) is 0 Å². The van der Waals surface area contributed by atoms with Gasteiger partial charge in [-0.15, -0.1) is 0 Å². The molecule has 152 valence electrons. The molecule has 7 heteroatoms. The van der Waals surface area contributed by atoms with Crippen LogP contribution < -0.4 is 0 Å². The van der Waals surface area contributed by atoms with Gasteiger partial charge in [0, 0.05) is 25.5 Å². The highest BCUT2D eigenvalue weighted by atomic mass is 16.5. The van der Waals surface area contributed by atoms with Crippen LogP contribution in [-0.4, -0.2) is 63.4 Å². The molecule has 0 radical (unpaired) electrons. The summed E-state index contributed by atoms with van der Waals surface area (Å²) in [5.41, 5.74) is 0.333. The van der Waals surface area contributed by atoms with E-state index in [1.807, 2.05) is 24.0 Å². The summed E-state index contributed by atoms with van der Waals surface area (Å²) in [6.45, 7) is 7.95. The number of carbonyl (C=O) groups is 2. The second-order valence-corrected chi connectivity index (χ2v) is 8.51. The number of hydrogen-bond donors (Lipinski definition) is 1. The van der Waals surface area contributed by atoms with Crippen molar-refractivity contribution in [1.29, 1.82) is 0 Å². The second kappa shape index (κ2) is 7.03. The van der Waals surface area contributed by atoms with Gasteiger partial charge >= 0.3 is 0 Å². The Bertz CT molecular complexity index is 799. The monoisotopic (exact) mass is 386 g/mol. The zero-order valence-corrected chi connectivity index (χ0v) is 17.1. The van der Waals surface area contributed by atoms with E-state index in [0.717, 1.165) is 30.9 Å². The molecule has 2 bridgehead atoms. The van der Waals surface area contributed by atoms with E-state index in [4.69, 9.17) is 4.74 Å². The van der Waals surface area contributed by atoms with Crippen molar-refractivity contribution in [2.75, 3.05) is 20.1 Å². The molecule has 3 aliphatic rings. The summed E-state index contributed by atoms with van der Waals surface area (Å²) >= 11 is 0. The maximum absolute atomic E-state index is 13.3. The first-order valence-electron chi connectivity index (χ1n) is 10.3. The van der Waals surface area contributed by atoms with Crippen molar-refractivity contribution >= 4 is 11.8 Å². The van der Waals surface area contributed by atoms with E-state index in [2.05, 4.69) is 23.8 Å². The summed E-state index contributed by atoms with van der Waals surface area (Å²) in [5.74, 6) is 0.387. The molecule has 0 saturated carbocycles. The lowest BCUT2D eigenvalue weighted by Gasteiger charge is -2.27. The predicted octanol–water partition coefficient (Wildman–Crippen LogP) is 1.89. The van der Waals surface area contributed by atoms with Crippen molar-refractivity contribution in [3.63, 3.8) is 0 Å². The van der Waals surface area contributed by atoms with Crippen LogP contribution in [0.15, 0.2) is 18.3 Å². The Morgan fingerprint density at radius 2 is 2.21 bits per heavy atom. The molecule has 0 unspecified atom stereocenters. The molecule has 3 aliphatic heterocycles. The van der Waals surface area contributed by atoms with E-state index in [-0.39, 0.29) is 17.9 Å². The van der Waals surface area contributed by atoms with Crippen LogP contribution in [0, 0.1) is 24.7 Å². The molecule has 7 nitrogen and oxygen atoms in total. The van der Waals surface area contributed by atoms with Gasteiger partial charge in [-0.25, -0.2) is 4.98 Å². The Morgan fingerprint density at radius 3 is 2.86 bits per heavy atom. The zero-order chi connectivity index (χ0) is 20.1. The van der Waals surface area contributed by atoms with Gasteiger partial charge in [0.2, 0.25) is 11.8 Å². The third-order valence-electron chi connectivity index (χ3n) is 6.62. The molecule has 1 aromatic rings. The number of ether oxygens (including phenoxy) is 1. The first-order chi connectivity index (χ1) is 13.4. The number of hydrogen-bond acceptors (Lipinski definition) is 4. The van der Waals surface area contributed by atoms with Crippen LogP contribution in [0.4, 0.5) is 0 Å². The number of likely N-dealkylation sites (tertiary alicyclic amines) is 1. The maximum Gasteiger partial charge on any atom is 0.230 e. The van der Waals surface area contributed by atoms with E-state index in [9.17, 15) is 9.59 Å². The number of aromatic nitrogens is 2. The third-order valence-corrected chi connectivity index (χ3v) is 6.62. The van der Waals surface area contributed by atoms with Gasteiger partial charge in [-0.1, -0.05) is 38.8 Å². The topological polar surface area (TPSA) is 78.5 Å². The Hall–Kier alpha value is -2.15. The minimum absolute atomic E-state index is 0.0481. The van der Waals surface area contributed by atoms with Crippen molar-refractivity contribution < 1.29 is 14.3 Å². The van der Waals surface area contributed by atoms with E-state index in [1.54, 1.807) is 18.1 Å². The fourth-order valence-electron chi connectivity index (χ4n) is 4.98. The fraction of sp³-hybridized carbons (Fsp3) is 0.667. The lowest BCUT2D eigenvalue weighted by atomic mass is 9.76. The normalized spacial score (nSPS) is 30.5. The molecule has 4 atom stereocenters. The van der Waals surface area contributed by atoms with Gasteiger partial charge < -0.3 is 19.5 Å². The van der Waals surface area contributed by atoms with Crippen LogP contribution in [-0.2, 0) is 20.9 Å². The molecule has 4 heterocycles. The molecular weight excluding hydrogens is 356 g/mol. The first kappa shape index (κ1) is 19.2. The summed E-state index contributed by atoms with van der Waals surface area (Å²) in [7, 11) is 1.77. The summed E-state index contributed by atoms with van der Waals surface area (Å²) in [5, 5.41) is 0. The van der Waals surface area contributed by atoms with Crippen molar-refractivity contribution in [3.05, 3.63) is 29.9 Å². The van der Waals surface area contributed by atoms with Gasteiger partial charge in [0.1, 0.15) is 11.4 Å². The predicted molar refractivity (Wildman–Crippen MR) is 104 cm³/mol. The molecule has 1 spiro atoms. The minimum atomic E-state index is -0.629. The summed E-state index contributed by atoms with van der Waals surface area (Å²) < 4.78 is 6.23. The number of aryl methyl sites for hydroxylation is 1. The molecule has 1 N–H and O–H groups in total. The molecule has 28 heavy (non-hydrogen) atoms. The van der Waals surface area contributed by atoms with Gasteiger partial charge in [0.15, 0.2) is 0 Å². The van der Waals surface area contributed by atoms with Gasteiger partial charge in [0.05, 0.1) is 31.0 Å². The smallest absolute Gasteiger partial charge is 0.230 e. The largest absolute Gasteiger partial charge is 0.360 e. The zero-order valence-electron chi connectivity index (χ0n) is 17.1. The second-order valence-electron chi connectivity index (χ2n) is 8.51. The van der Waals surface area contributed by atoms with E-state index < -0.39 is 17.4 Å². The Kier molecular flexibility index (Phi) is 4.81. The minimum Gasteiger partial charge on any atom is -0.360 e. The number of rotatable bonds is 7. The lowest BCUT2D eigenvalue weighted by Crippen LogP contribution is -2.44. The average molecular weight is 386 g/mol. The summed E-state index contributed by atoms with van der Waals surface area (Å²) in [6.07, 6.45) is 7.53. The van der Waals surface area contributed by atoms with Crippen molar-refractivity contribution in [2.45, 2.75) is 51.9 Å². The fourth-order valence-corrected chi connectivity index (χ4v) is 4.98. The standard InChI is InChI=1S/C21H30N4O3/c1-5-14(6-2)10-25-12-21-8-7-15(28-21)17(18(21)20(25)27)19(26)24(4)11-16-22-9-13(3)23-16/h7-9,14-15,17-18H,5-6,10-12H2,1-4H3,(H,22,23)/t15-,17+,18-,21-/m0/s1. The Morgan fingerprint density at radius 1 is 1.46 bits per heavy atom. The van der Waals surface area contributed by atoms with Crippen molar-refractivity contribution in [1.82, 2.24) is 19.8 Å².